The second-order valence-electron chi connectivity index (χ2n) is 5.73. The summed E-state index contributed by atoms with van der Waals surface area (Å²) in [5, 5.41) is 4.45. The largest absolute Gasteiger partial charge is 0.261 e. The zero-order valence-corrected chi connectivity index (χ0v) is 16.1. The van der Waals surface area contributed by atoms with E-state index in [0.717, 1.165) is 22.5 Å². The van der Waals surface area contributed by atoms with Crippen molar-refractivity contribution in [2.75, 3.05) is 5.43 Å². The fourth-order valence-corrected chi connectivity index (χ4v) is 2.38. The predicted molar refractivity (Wildman–Crippen MR) is 111 cm³/mol. The van der Waals surface area contributed by atoms with Gasteiger partial charge in [-0.05, 0) is 26.3 Å². The van der Waals surface area contributed by atoms with Crippen molar-refractivity contribution in [3.8, 4) is 11.3 Å². The minimum Gasteiger partial charge on any atom is -0.261 e. The molecule has 1 heterocycles. The highest BCUT2D eigenvalue weighted by atomic mass is 15.3. The lowest BCUT2D eigenvalue weighted by atomic mass is 10.1. The maximum atomic E-state index is 4.50. The lowest BCUT2D eigenvalue weighted by Gasteiger charge is -2.07. The van der Waals surface area contributed by atoms with Gasteiger partial charge in [0.15, 0.2) is 0 Å². The van der Waals surface area contributed by atoms with E-state index in [9.17, 15) is 0 Å². The Labute approximate surface area is 156 Å². The van der Waals surface area contributed by atoms with Gasteiger partial charge in [0.1, 0.15) is 11.6 Å². The van der Waals surface area contributed by atoms with Crippen molar-refractivity contribution in [3.63, 3.8) is 0 Å². The molecule has 0 radical (unpaired) electrons. The topological polar surface area (TPSA) is 50.2 Å². The molecular weight excluding hydrogens is 320 g/mol. The molecule has 0 amide bonds. The molecule has 3 rings (SSSR count). The van der Waals surface area contributed by atoms with Crippen LogP contribution in [-0.4, -0.2) is 15.7 Å². The van der Waals surface area contributed by atoms with Gasteiger partial charge in [-0.3, -0.25) is 5.43 Å². The highest BCUT2D eigenvalue weighted by molar-refractivity contribution is 5.99. The quantitative estimate of drug-likeness (QED) is 0.492. The Morgan fingerprint density at radius 3 is 2.19 bits per heavy atom. The highest BCUT2D eigenvalue weighted by Gasteiger charge is 2.04. The normalized spacial score (nSPS) is 10.7. The van der Waals surface area contributed by atoms with Crippen LogP contribution in [0.3, 0.4) is 0 Å². The van der Waals surface area contributed by atoms with Gasteiger partial charge < -0.3 is 0 Å². The molecule has 0 saturated carbocycles. The number of hydrazone groups is 1. The molecule has 0 fully saturated rings. The van der Waals surface area contributed by atoms with Crippen LogP contribution in [0.5, 0.6) is 0 Å². The van der Waals surface area contributed by atoms with Crippen molar-refractivity contribution < 1.29 is 0 Å². The number of nitrogens with one attached hydrogen (secondary N) is 1. The second kappa shape index (κ2) is 9.47. The smallest absolute Gasteiger partial charge is 0.150 e. The summed E-state index contributed by atoms with van der Waals surface area (Å²) in [6, 6.07) is 20.3. The van der Waals surface area contributed by atoms with E-state index < -0.39 is 0 Å². The van der Waals surface area contributed by atoms with E-state index in [2.05, 4.69) is 51.7 Å². The zero-order chi connectivity index (χ0) is 18.9. The molecule has 3 aromatic rings. The highest BCUT2D eigenvalue weighted by Crippen LogP contribution is 2.19. The van der Waals surface area contributed by atoms with Crippen molar-refractivity contribution in [2.24, 2.45) is 5.10 Å². The third-order valence-corrected chi connectivity index (χ3v) is 3.71. The first-order valence-electron chi connectivity index (χ1n) is 8.90. The summed E-state index contributed by atoms with van der Waals surface area (Å²) in [6.07, 6.45) is 0. The number of benzene rings is 2. The summed E-state index contributed by atoms with van der Waals surface area (Å²) in [5.41, 5.74) is 8.22. The van der Waals surface area contributed by atoms with Gasteiger partial charge in [0.25, 0.3) is 0 Å². The molecule has 0 aliphatic carbocycles. The number of hydrogen-bond acceptors (Lipinski definition) is 4. The summed E-state index contributed by atoms with van der Waals surface area (Å²) in [7, 11) is 0. The van der Waals surface area contributed by atoms with Crippen LogP contribution < -0.4 is 5.43 Å². The molecule has 0 spiro atoms. The molecule has 26 heavy (non-hydrogen) atoms. The van der Waals surface area contributed by atoms with Gasteiger partial charge in [-0.1, -0.05) is 74.0 Å². The standard InChI is InChI=1S/C20H20N4.C2H6/c1-14-9-11-17(12-10-14)15(2)23-24-20-13-19(21-16(3)22-20)18-7-5-4-6-8-18;1-2/h4-13H,1-3H3,(H,21,22,24);1-2H3/b23-15+;. The van der Waals surface area contributed by atoms with Crippen LogP contribution in [0.15, 0.2) is 65.8 Å². The van der Waals surface area contributed by atoms with Crippen molar-refractivity contribution in [2.45, 2.75) is 34.6 Å². The Hall–Kier alpha value is -3.01. The SMILES string of the molecule is C/C(=N\Nc1cc(-c2ccccc2)nc(C)n1)c1ccc(C)cc1.CC. The number of nitrogens with zero attached hydrogens (tertiary/aromatic N) is 3. The number of aromatic nitrogens is 2. The van der Waals surface area contributed by atoms with E-state index in [1.807, 2.05) is 64.1 Å². The number of anilines is 1. The van der Waals surface area contributed by atoms with Gasteiger partial charge in [-0.25, -0.2) is 9.97 Å². The molecule has 0 bridgehead atoms. The summed E-state index contributed by atoms with van der Waals surface area (Å²) in [5.74, 6) is 1.40. The van der Waals surface area contributed by atoms with Crippen LogP contribution in [0.2, 0.25) is 0 Å². The van der Waals surface area contributed by atoms with Crippen LogP contribution >= 0.6 is 0 Å². The molecule has 0 unspecified atom stereocenters. The van der Waals surface area contributed by atoms with E-state index in [0.29, 0.717) is 11.6 Å². The number of rotatable bonds is 4. The molecule has 4 nitrogen and oxygen atoms in total. The van der Waals surface area contributed by atoms with Crippen molar-refractivity contribution in [1.29, 1.82) is 0 Å². The average Bonchev–Trinajstić information content (AvgIpc) is 2.68. The molecule has 134 valence electrons. The Balaban J connectivity index is 0.00000117. The van der Waals surface area contributed by atoms with Crippen molar-refractivity contribution >= 4 is 11.5 Å². The van der Waals surface area contributed by atoms with Gasteiger partial charge in [0.05, 0.1) is 11.4 Å². The van der Waals surface area contributed by atoms with E-state index in [-0.39, 0.29) is 0 Å². The van der Waals surface area contributed by atoms with Gasteiger partial charge >= 0.3 is 0 Å². The van der Waals surface area contributed by atoms with E-state index >= 15 is 0 Å². The molecule has 0 saturated heterocycles. The van der Waals surface area contributed by atoms with E-state index in [1.165, 1.54) is 5.56 Å². The molecule has 2 aromatic carbocycles. The Bertz CT molecular complexity index is 853. The predicted octanol–water partition coefficient (Wildman–Crippen LogP) is 5.62. The first-order valence-corrected chi connectivity index (χ1v) is 8.90. The number of hydrogen-bond donors (Lipinski definition) is 1. The summed E-state index contributed by atoms with van der Waals surface area (Å²) >= 11 is 0. The van der Waals surface area contributed by atoms with Gasteiger partial charge in [-0.15, -0.1) is 0 Å². The molecule has 1 aromatic heterocycles. The molecule has 0 aliphatic heterocycles. The maximum Gasteiger partial charge on any atom is 0.150 e. The van der Waals surface area contributed by atoms with Crippen LogP contribution in [0, 0.1) is 13.8 Å². The third kappa shape index (κ3) is 5.24. The minimum absolute atomic E-state index is 0.688. The van der Waals surface area contributed by atoms with Crippen molar-refractivity contribution in [3.05, 3.63) is 77.6 Å². The maximum absolute atomic E-state index is 4.50. The van der Waals surface area contributed by atoms with Crippen LogP contribution in [0.25, 0.3) is 11.3 Å². The fourth-order valence-electron chi connectivity index (χ4n) is 2.38. The van der Waals surface area contributed by atoms with E-state index in [4.69, 9.17) is 0 Å². The molecule has 1 N–H and O–H groups in total. The summed E-state index contributed by atoms with van der Waals surface area (Å²) < 4.78 is 0. The summed E-state index contributed by atoms with van der Waals surface area (Å²) in [4.78, 5) is 8.91. The average molecular weight is 346 g/mol. The Kier molecular flexibility index (Phi) is 7.03. The van der Waals surface area contributed by atoms with Crippen LogP contribution in [0.4, 0.5) is 5.82 Å². The third-order valence-electron chi connectivity index (χ3n) is 3.71. The lowest BCUT2D eigenvalue weighted by molar-refractivity contribution is 1.05. The van der Waals surface area contributed by atoms with Crippen molar-refractivity contribution in [1.82, 2.24) is 9.97 Å². The lowest BCUT2D eigenvalue weighted by Crippen LogP contribution is -2.02. The molecular formula is C22H26N4. The molecule has 0 aliphatic rings. The van der Waals surface area contributed by atoms with Gasteiger partial charge in [-0.2, -0.15) is 5.10 Å². The minimum atomic E-state index is 0.688. The fraction of sp³-hybridized carbons (Fsp3) is 0.227. The molecule has 0 atom stereocenters. The number of aryl methyl sites for hydroxylation is 2. The van der Waals surface area contributed by atoms with Crippen LogP contribution in [-0.2, 0) is 0 Å². The first kappa shape index (κ1) is 19.3. The molecule has 4 heteroatoms. The zero-order valence-electron chi connectivity index (χ0n) is 16.1. The summed E-state index contributed by atoms with van der Waals surface area (Å²) in [6.45, 7) is 9.93. The first-order chi connectivity index (χ1) is 12.6. The Morgan fingerprint density at radius 1 is 0.885 bits per heavy atom. The van der Waals surface area contributed by atoms with E-state index in [1.54, 1.807) is 0 Å². The van der Waals surface area contributed by atoms with Crippen LogP contribution in [0.1, 0.15) is 37.7 Å². The second-order valence-corrected chi connectivity index (χ2v) is 5.73. The van der Waals surface area contributed by atoms with Gasteiger partial charge in [0, 0.05) is 11.6 Å². The Morgan fingerprint density at radius 2 is 1.54 bits per heavy atom. The monoisotopic (exact) mass is 346 g/mol. The van der Waals surface area contributed by atoms with Gasteiger partial charge in [0.2, 0.25) is 0 Å².